The van der Waals surface area contributed by atoms with Crippen molar-refractivity contribution in [1.82, 2.24) is 0 Å². The Morgan fingerprint density at radius 3 is 2.45 bits per heavy atom. The SMILES string of the molecule is CC(O)C1CC(O)C(O)CO1. The van der Waals surface area contributed by atoms with Gasteiger partial charge in [-0.05, 0) is 6.92 Å². The first-order valence-corrected chi connectivity index (χ1v) is 3.77. The lowest BCUT2D eigenvalue weighted by Gasteiger charge is -2.31. The molecule has 0 spiro atoms. The van der Waals surface area contributed by atoms with Crippen LogP contribution in [0.15, 0.2) is 0 Å². The van der Waals surface area contributed by atoms with Crippen LogP contribution in [-0.2, 0) is 4.74 Å². The van der Waals surface area contributed by atoms with Crippen molar-refractivity contribution in [2.45, 2.75) is 37.8 Å². The number of hydrogen-bond acceptors (Lipinski definition) is 4. The predicted molar refractivity (Wildman–Crippen MR) is 38.1 cm³/mol. The zero-order valence-corrected chi connectivity index (χ0v) is 6.47. The van der Waals surface area contributed by atoms with Gasteiger partial charge >= 0.3 is 0 Å². The summed E-state index contributed by atoms with van der Waals surface area (Å²) in [6.45, 7) is 1.71. The number of rotatable bonds is 1. The van der Waals surface area contributed by atoms with Crippen molar-refractivity contribution in [2.24, 2.45) is 0 Å². The Morgan fingerprint density at radius 2 is 2.00 bits per heavy atom. The molecular weight excluding hydrogens is 148 g/mol. The second-order valence-electron chi connectivity index (χ2n) is 2.98. The monoisotopic (exact) mass is 162 g/mol. The lowest BCUT2D eigenvalue weighted by atomic mass is 10.0. The molecule has 0 aliphatic carbocycles. The van der Waals surface area contributed by atoms with E-state index in [1.54, 1.807) is 6.92 Å². The van der Waals surface area contributed by atoms with Crippen molar-refractivity contribution in [3.63, 3.8) is 0 Å². The summed E-state index contributed by atoms with van der Waals surface area (Å²) in [4.78, 5) is 0. The van der Waals surface area contributed by atoms with Gasteiger partial charge in [-0.2, -0.15) is 0 Å². The number of hydrogen-bond donors (Lipinski definition) is 3. The van der Waals surface area contributed by atoms with Crippen LogP contribution < -0.4 is 0 Å². The molecule has 0 radical (unpaired) electrons. The highest BCUT2D eigenvalue weighted by molar-refractivity contribution is 4.79. The van der Waals surface area contributed by atoms with E-state index in [1.165, 1.54) is 0 Å². The Balaban J connectivity index is 2.40. The summed E-state index contributed by atoms with van der Waals surface area (Å²) in [6, 6.07) is 0. The third-order valence-corrected chi connectivity index (χ3v) is 1.94. The molecule has 1 heterocycles. The summed E-state index contributed by atoms with van der Waals surface area (Å²) < 4.78 is 5.06. The maximum atomic E-state index is 9.16. The van der Waals surface area contributed by atoms with Crippen molar-refractivity contribution in [3.05, 3.63) is 0 Å². The first-order valence-electron chi connectivity index (χ1n) is 3.77. The Kier molecular flexibility index (Phi) is 2.84. The minimum atomic E-state index is -0.801. The molecule has 4 heteroatoms. The third-order valence-electron chi connectivity index (χ3n) is 1.94. The van der Waals surface area contributed by atoms with Crippen LogP contribution in [0.5, 0.6) is 0 Å². The molecule has 0 aromatic rings. The smallest absolute Gasteiger partial charge is 0.103 e. The van der Waals surface area contributed by atoms with E-state index in [0.29, 0.717) is 6.42 Å². The van der Waals surface area contributed by atoms with Gasteiger partial charge in [0.1, 0.15) is 6.10 Å². The quantitative estimate of drug-likeness (QED) is 0.456. The normalized spacial score (nSPS) is 42.0. The summed E-state index contributed by atoms with van der Waals surface area (Å²) in [5.41, 5.74) is 0. The summed E-state index contributed by atoms with van der Waals surface area (Å²) in [5.74, 6) is 0. The molecule has 0 aromatic carbocycles. The largest absolute Gasteiger partial charge is 0.391 e. The fraction of sp³-hybridized carbons (Fsp3) is 1.00. The van der Waals surface area contributed by atoms with Gasteiger partial charge in [-0.15, -0.1) is 0 Å². The highest BCUT2D eigenvalue weighted by Gasteiger charge is 2.30. The first kappa shape index (κ1) is 8.93. The molecule has 1 aliphatic rings. The van der Waals surface area contributed by atoms with Gasteiger partial charge in [0.25, 0.3) is 0 Å². The Morgan fingerprint density at radius 1 is 1.36 bits per heavy atom. The molecule has 1 rings (SSSR count). The van der Waals surface area contributed by atoms with Crippen LogP contribution in [0.25, 0.3) is 0 Å². The van der Waals surface area contributed by atoms with Crippen LogP contribution >= 0.6 is 0 Å². The third kappa shape index (κ3) is 2.13. The molecule has 0 amide bonds. The highest BCUT2D eigenvalue weighted by Crippen LogP contribution is 2.16. The summed E-state index contributed by atoms with van der Waals surface area (Å²) in [6.07, 6.45) is -2.18. The van der Waals surface area contributed by atoms with Crippen LogP contribution in [0.1, 0.15) is 13.3 Å². The molecule has 1 aliphatic heterocycles. The van der Waals surface area contributed by atoms with Gasteiger partial charge in [0.05, 0.1) is 24.9 Å². The zero-order chi connectivity index (χ0) is 8.43. The van der Waals surface area contributed by atoms with Crippen molar-refractivity contribution < 1.29 is 20.1 Å². The van der Waals surface area contributed by atoms with Crippen LogP contribution in [-0.4, -0.2) is 46.3 Å². The maximum absolute atomic E-state index is 9.16. The Labute approximate surface area is 65.4 Å². The van der Waals surface area contributed by atoms with E-state index >= 15 is 0 Å². The minimum Gasteiger partial charge on any atom is -0.391 e. The van der Waals surface area contributed by atoms with Crippen molar-refractivity contribution in [1.29, 1.82) is 0 Å². The van der Waals surface area contributed by atoms with Crippen molar-refractivity contribution >= 4 is 0 Å². The van der Waals surface area contributed by atoms with Gasteiger partial charge < -0.3 is 20.1 Å². The highest BCUT2D eigenvalue weighted by atomic mass is 16.5. The van der Waals surface area contributed by atoms with Crippen LogP contribution in [0.3, 0.4) is 0 Å². The fourth-order valence-electron chi connectivity index (χ4n) is 1.13. The molecule has 1 fully saturated rings. The molecule has 4 atom stereocenters. The first-order chi connectivity index (χ1) is 5.11. The second kappa shape index (κ2) is 3.49. The topological polar surface area (TPSA) is 69.9 Å². The van der Waals surface area contributed by atoms with Crippen LogP contribution in [0.4, 0.5) is 0 Å². The standard InChI is InChI=1S/C7H14O4/c1-4(8)7-2-5(9)6(10)3-11-7/h4-10H,2-3H2,1H3. The molecule has 0 aromatic heterocycles. The van der Waals surface area contributed by atoms with Crippen molar-refractivity contribution in [2.75, 3.05) is 6.61 Å². The van der Waals surface area contributed by atoms with Gasteiger partial charge in [0, 0.05) is 6.42 Å². The minimum absolute atomic E-state index is 0.108. The molecule has 0 saturated carbocycles. The van der Waals surface area contributed by atoms with E-state index in [1.807, 2.05) is 0 Å². The number of ether oxygens (including phenoxy) is 1. The average molecular weight is 162 g/mol. The number of aliphatic hydroxyl groups excluding tert-OH is 3. The van der Waals surface area contributed by atoms with Gasteiger partial charge in [0.2, 0.25) is 0 Å². The molecule has 11 heavy (non-hydrogen) atoms. The molecule has 1 saturated heterocycles. The molecular formula is C7H14O4. The Bertz CT molecular complexity index is 126. The number of aliphatic hydroxyl groups is 3. The summed E-state index contributed by atoms with van der Waals surface area (Å²) in [5, 5.41) is 27.2. The van der Waals surface area contributed by atoms with Crippen LogP contribution in [0.2, 0.25) is 0 Å². The predicted octanol–water partition coefficient (Wildman–Crippen LogP) is -1.12. The second-order valence-corrected chi connectivity index (χ2v) is 2.98. The van der Waals surface area contributed by atoms with E-state index in [9.17, 15) is 0 Å². The molecule has 0 bridgehead atoms. The van der Waals surface area contributed by atoms with Gasteiger partial charge in [-0.25, -0.2) is 0 Å². The maximum Gasteiger partial charge on any atom is 0.103 e. The molecule has 66 valence electrons. The summed E-state index contributed by atoms with van der Waals surface area (Å²) >= 11 is 0. The lowest BCUT2D eigenvalue weighted by Crippen LogP contribution is -2.44. The van der Waals surface area contributed by atoms with Gasteiger partial charge in [0.15, 0.2) is 0 Å². The molecule has 3 N–H and O–H groups in total. The van der Waals surface area contributed by atoms with E-state index in [2.05, 4.69) is 0 Å². The van der Waals surface area contributed by atoms with Crippen molar-refractivity contribution in [3.8, 4) is 0 Å². The van der Waals surface area contributed by atoms with E-state index in [0.717, 1.165) is 0 Å². The molecule has 4 nitrogen and oxygen atoms in total. The average Bonchev–Trinajstić information content (AvgIpc) is 1.94. The van der Waals surface area contributed by atoms with Gasteiger partial charge in [-0.1, -0.05) is 0 Å². The van der Waals surface area contributed by atoms with E-state index in [4.69, 9.17) is 20.1 Å². The van der Waals surface area contributed by atoms with Crippen LogP contribution in [0, 0.1) is 0 Å². The van der Waals surface area contributed by atoms with E-state index in [-0.39, 0.29) is 12.7 Å². The molecule has 4 unspecified atom stereocenters. The lowest BCUT2D eigenvalue weighted by molar-refractivity contribution is -0.147. The zero-order valence-electron chi connectivity index (χ0n) is 6.47. The van der Waals surface area contributed by atoms with Gasteiger partial charge in [-0.3, -0.25) is 0 Å². The fourth-order valence-corrected chi connectivity index (χ4v) is 1.13. The Hall–Kier alpha value is -0.160. The summed E-state index contributed by atoms with van der Waals surface area (Å²) in [7, 11) is 0. The van der Waals surface area contributed by atoms with E-state index < -0.39 is 18.3 Å².